The normalized spacial score (nSPS) is 17.6. The number of carbonyl (C=O) groups excluding carboxylic acids is 1. The van der Waals surface area contributed by atoms with Crippen LogP contribution in [0.5, 0.6) is 0 Å². The van der Waals surface area contributed by atoms with Gasteiger partial charge in [-0.2, -0.15) is 0 Å². The molecule has 112 valence electrons. The molecule has 20 heavy (non-hydrogen) atoms. The zero-order valence-corrected chi connectivity index (χ0v) is 13.4. The van der Waals surface area contributed by atoms with Crippen LogP contribution in [-0.2, 0) is 0 Å². The molecule has 1 aliphatic rings. The Morgan fingerprint density at radius 2 is 2.15 bits per heavy atom. The van der Waals surface area contributed by atoms with Crippen molar-refractivity contribution in [1.29, 1.82) is 0 Å². The minimum atomic E-state index is 0. The molecule has 1 atom stereocenters. The van der Waals surface area contributed by atoms with Crippen LogP contribution in [0.2, 0.25) is 0 Å². The van der Waals surface area contributed by atoms with Crippen molar-refractivity contribution >= 4 is 18.3 Å². The van der Waals surface area contributed by atoms with Gasteiger partial charge in [0.25, 0.3) is 5.91 Å². The Bertz CT molecular complexity index is 456. The van der Waals surface area contributed by atoms with Gasteiger partial charge in [0, 0.05) is 24.7 Å². The number of benzene rings is 1. The smallest absolute Gasteiger partial charge is 0.254 e. The van der Waals surface area contributed by atoms with E-state index in [0.717, 1.165) is 43.6 Å². The van der Waals surface area contributed by atoms with Crippen molar-refractivity contribution in [3.8, 4) is 0 Å². The summed E-state index contributed by atoms with van der Waals surface area (Å²) in [6, 6.07) is 6.35. The van der Waals surface area contributed by atoms with Gasteiger partial charge in [-0.25, -0.2) is 0 Å². The molecule has 1 fully saturated rings. The van der Waals surface area contributed by atoms with Crippen LogP contribution < -0.4 is 5.32 Å². The maximum atomic E-state index is 12.8. The summed E-state index contributed by atoms with van der Waals surface area (Å²) in [5, 5.41) is 3.35. The summed E-state index contributed by atoms with van der Waals surface area (Å²) in [5.41, 5.74) is 3.16. The molecule has 0 aliphatic carbocycles. The second-order valence-corrected chi connectivity index (χ2v) is 5.39. The van der Waals surface area contributed by atoms with Crippen molar-refractivity contribution in [2.45, 2.75) is 39.7 Å². The Morgan fingerprint density at radius 1 is 1.40 bits per heavy atom. The largest absolute Gasteiger partial charge is 0.334 e. The zero-order valence-electron chi connectivity index (χ0n) is 12.6. The van der Waals surface area contributed by atoms with Crippen molar-refractivity contribution in [3.05, 3.63) is 34.9 Å². The van der Waals surface area contributed by atoms with E-state index < -0.39 is 0 Å². The predicted octanol–water partition coefficient (Wildman–Crippen LogP) is 2.94. The number of hydrogen-bond acceptors (Lipinski definition) is 2. The molecule has 0 spiro atoms. The predicted molar refractivity (Wildman–Crippen MR) is 85.8 cm³/mol. The Kier molecular flexibility index (Phi) is 6.50. The lowest BCUT2D eigenvalue weighted by atomic mass is 10.0. The van der Waals surface area contributed by atoms with Gasteiger partial charge in [-0.1, -0.05) is 19.1 Å². The highest BCUT2D eigenvalue weighted by Crippen LogP contribution is 2.18. The first-order valence-corrected chi connectivity index (χ1v) is 7.23. The molecule has 4 heteroatoms. The maximum Gasteiger partial charge on any atom is 0.254 e. The van der Waals surface area contributed by atoms with E-state index in [1.54, 1.807) is 0 Å². The molecular weight excluding hydrogens is 272 g/mol. The Labute approximate surface area is 128 Å². The number of halogens is 1. The SMILES string of the molecule is CCCN(C(=O)c1cccc(C)c1C)C1CCNC1.Cl. The van der Waals surface area contributed by atoms with Crippen molar-refractivity contribution < 1.29 is 4.79 Å². The Balaban J connectivity index is 0.00000200. The lowest BCUT2D eigenvalue weighted by Crippen LogP contribution is -2.42. The summed E-state index contributed by atoms with van der Waals surface area (Å²) in [4.78, 5) is 14.9. The number of rotatable bonds is 4. The molecule has 1 aromatic rings. The van der Waals surface area contributed by atoms with E-state index in [1.165, 1.54) is 5.56 Å². The molecule has 2 rings (SSSR count). The van der Waals surface area contributed by atoms with Crippen molar-refractivity contribution in [2.24, 2.45) is 0 Å². The van der Waals surface area contributed by atoms with Crippen LogP contribution >= 0.6 is 12.4 Å². The highest BCUT2D eigenvalue weighted by atomic mass is 35.5. The van der Waals surface area contributed by atoms with E-state index in [2.05, 4.69) is 30.1 Å². The lowest BCUT2D eigenvalue weighted by molar-refractivity contribution is 0.0691. The minimum absolute atomic E-state index is 0. The fourth-order valence-electron chi connectivity index (χ4n) is 2.73. The number of carbonyl (C=O) groups is 1. The van der Waals surface area contributed by atoms with Crippen LogP contribution in [0, 0.1) is 13.8 Å². The average molecular weight is 297 g/mol. The third-order valence-electron chi connectivity index (χ3n) is 4.04. The van der Waals surface area contributed by atoms with Crippen molar-refractivity contribution in [1.82, 2.24) is 10.2 Å². The van der Waals surface area contributed by atoms with Gasteiger partial charge in [-0.05, 0) is 50.4 Å². The highest BCUT2D eigenvalue weighted by molar-refractivity contribution is 5.96. The molecule has 0 aromatic heterocycles. The molecule has 1 aliphatic heterocycles. The number of hydrogen-bond donors (Lipinski definition) is 1. The van der Waals surface area contributed by atoms with Gasteiger partial charge in [-0.3, -0.25) is 4.79 Å². The number of nitrogens with one attached hydrogen (secondary N) is 1. The van der Waals surface area contributed by atoms with Crippen molar-refractivity contribution in [3.63, 3.8) is 0 Å². The molecule has 0 saturated carbocycles. The molecule has 0 bridgehead atoms. The first-order chi connectivity index (χ1) is 9.15. The van der Waals surface area contributed by atoms with Crippen LogP contribution in [0.1, 0.15) is 41.3 Å². The van der Waals surface area contributed by atoms with Gasteiger partial charge in [0.2, 0.25) is 0 Å². The van der Waals surface area contributed by atoms with Gasteiger partial charge in [-0.15, -0.1) is 12.4 Å². The average Bonchev–Trinajstić information content (AvgIpc) is 2.92. The van der Waals surface area contributed by atoms with Crippen molar-refractivity contribution in [2.75, 3.05) is 19.6 Å². The molecule has 1 saturated heterocycles. The number of aryl methyl sites for hydroxylation is 1. The molecule has 1 N–H and O–H groups in total. The third-order valence-corrected chi connectivity index (χ3v) is 4.04. The molecule has 3 nitrogen and oxygen atoms in total. The first-order valence-electron chi connectivity index (χ1n) is 7.23. The van der Waals surface area contributed by atoms with Crippen LogP contribution in [-0.4, -0.2) is 36.5 Å². The molecule has 1 heterocycles. The molecule has 1 unspecified atom stereocenters. The topological polar surface area (TPSA) is 32.3 Å². The Hall–Kier alpha value is -1.06. The molecule has 1 aromatic carbocycles. The quantitative estimate of drug-likeness (QED) is 0.926. The second-order valence-electron chi connectivity index (χ2n) is 5.39. The molecule has 0 radical (unpaired) electrons. The minimum Gasteiger partial charge on any atom is -0.334 e. The van der Waals surface area contributed by atoms with E-state index in [0.29, 0.717) is 6.04 Å². The monoisotopic (exact) mass is 296 g/mol. The third kappa shape index (κ3) is 3.53. The first kappa shape index (κ1) is 17.0. The van der Waals surface area contributed by atoms with E-state index in [4.69, 9.17) is 0 Å². The summed E-state index contributed by atoms with van der Waals surface area (Å²) >= 11 is 0. The van der Waals surface area contributed by atoms with Gasteiger partial charge in [0.05, 0.1) is 0 Å². The van der Waals surface area contributed by atoms with Gasteiger partial charge in [0.15, 0.2) is 0 Å². The number of amides is 1. The van der Waals surface area contributed by atoms with E-state index in [-0.39, 0.29) is 18.3 Å². The van der Waals surface area contributed by atoms with Gasteiger partial charge in [0.1, 0.15) is 0 Å². The summed E-state index contributed by atoms with van der Waals surface area (Å²) in [6.45, 7) is 9.03. The fraction of sp³-hybridized carbons (Fsp3) is 0.562. The van der Waals surface area contributed by atoms with E-state index >= 15 is 0 Å². The summed E-state index contributed by atoms with van der Waals surface area (Å²) in [5.74, 6) is 0.191. The Morgan fingerprint density at radius 3 is 2.75 bits per heavy atom. The van der Waals surface area contributed by atoms with E-state index in [1.807, 2.05) is 19.1 Å². The van der Waals surface area contributed by atoms with Crippen LogP contribution in [0.15, 0.2) is 18.2 Å². The maximum absolute atomic E-state index is 12.8. The van der Waals surface area contributed by atoms with Crippen LogP contribution in [0.3, 0.4) is 0 Å². The molecular formula is C16H25ClN2O. The zero-order chi connectivity index (χ0) is 13.8. The molecule has 1 amide bonds. The van der Waals surface area contributed by atoms with E-state index in [9.17, 15) is 4.79 Å². The summed E-state index contributed by atoms with van der Waals surface area (Å²) < 4.78 is 0. The summed E-state index contributed by atoms with van der Waals surface area (Å²) in [6.07, 6.45) is 2.07. The van der Waals surface area contributed by atoms with Gasteiger partial charge < -0.3 is 10.2 Å². The fourth-order valence-corrected chi connectivity index (χ4v) is 2.73. The van der Waals surface area contributed by atoms with Crippen LogP contribution in [0.4, 0.5) is 0 Å². The van der Waals surface area contributed by atoms with Crippen LogP contribution in [0.25, 0.3) is 0 Å². The summed E-state index contributed by atoms with van der Waals surface area (Å²) in [7, 11) is 0. The lowest BCUT2D eigenvalue weighted by Gasteiger charge is -2.29. The second kappa shape index (κ2) is 7.65. The standard InChI is InChI=1S/C16H24N2O.ClH/c1-4-10-18(14-8-9-17-11-14)16(19)15-7-5-6-12(2)13(15)3;/h5-7,14,17H,4,8-11H2,1-3H3;1H. The number of nitrogens with zero attached hydrogens (tertiary/aromatic N) is 1. The van der Waals surface area contributed by atoms with Gasteiger partial charge >= 0.3 is 0 Å². The highest BCUT2D eigenvalue weighted by Gasteiger charge is 2.27.